The summed E-state index contributed by atoms with van der Waals surface area (Å²) in [6.07, 6.45) is 6.05. The molecule has 0 radical (unpaired) electrons. The maximum absolute atomic E-state index is 4.35. The SMILES string of the molecule is c1csc(CN2CCC(c3nnc4ncccn34)CC2)c1. The fraction of sp³-hybridized carbons (Fsp3) is 0.400. The summed E-state index contributed by atoms with van der Waals surface area (Å²) in [6, 6.07) is 6.28. The van der Waals surface area contributed by atoms with Crippen molar-refractivity contribution in [2.75, 3.05) is 13.1 Å². The minimum atomic E-state index is 0.490. The van der Waals surface area contributed by atoms with Crippen LogP contribution in [0.1, 0.15) is 29.5 Å². The Morgan fingerprint density at radius 2 is 2.10 bits per heavy atom. The number of nitrogens with zero attached hydrogens (tertiary/aromatic N) is 5. The van der Waals surface area contributed by atoms with Crippen molar-refractivity contribution in [1.29, 1.82) is 0 Å². The lowest BCUT2D eigenvalue weighted by atomic mass is 9.96. The molecule has 1 aliphatic rings. The van der Waals surface area contributed by atoms with Gasteiger partial charge in [0.2, 0.25) is 0 Å². The topological polar surface area (TPSA) is 46.3 Å². The van der Waals surface area contributed by atoms with E-state index in [2.05, 4.69) is 37.6 Å². The zero-order valence-electron chi connectivity index (χ0n) is 11.7. The van der Waals surface area contributed by atoms with E-state index in [1.165, 1.54) is 4.88 Å². The van der Waals surface area contributed by atoms with Crippen LogP contribution in [0.4, 0.5) is 0 Å². The molecule has 5 nitrogen and oxygen atoms in total. The highest BCUT2D eigenvalue weighted by molar-refractivity contribution is 7.09. The molecule has 0 bridgehead atoms. The van der Waals surface area contributed by atoms with Gasteiger partial charge in [0, 0.05) is 29.7 Å². The Hall–Kier alpha value is -1.79. The summed E-state index contributed by atoms with van der Waals surface area (Å²) in [5.74, 6) is 2.26. The average molecular weight is 299 g/mol. The number of piperidine rings is 1. The van der Waals surface area contributed by atoms with Gasteiger partial charge < -0.3 is 0 Å². The summed E-state index contributed by atoms with van der Waals surface area (Å²) in [4.78, 5) is 8.22. The molecular formula is C15H17N5S. The van der Waals surface area contributed by atoms with Crippen LogP contribution in [0.3, 0.4) is 0 Å². The van der Waals surface area contributed by atoms with Gasteiger partial charge in [-0.1, -0.05) is 6.07 Å². The number of thiophene rings is 1. The Morgan fingerprint density at radius 3 is 2.90 bits per heavy atom. The number of fused-ring (bicyclic) bond motifs is 1. The van der Waals surface area contributed by atoms with Crippen LogP contribution >= 0.6 is 11.3 Å². The smallest absolute Gasteiger partial charge is 0.254 e. The first-order chi connectivity index (χ1) is 10.4. The Bertz CT molecular complexity index is 713. The Balaban J connectivity index is 1.45. The molecule has 1 aliphatic heterocycles. The van der Waals surface area contributed by atoms with Crippen molar-refractivity contribution < 1.29 is 0 Å². The van der Waals surface area contributed by atoms with Gasteiger partial charge in [0.15, 0.2) is 0 Å². The summed E-state index contributed by atoms with van der Waals surface area (Å²) in [6.45, 7) is 3.32. The van der Waals surface area contributed by atoms with E-state index in [9.17, 15) is 0 Å². The largest absolute Gasteiger partial charge is 0.298 e. The molecule has 0 amide bonds. The van der Waals surface area contributed by atoms with E-state index in [0.29, 0.717) is 11.7 Å². The fourth-order valence-electron chi connectivity index (χ4n) is 3.01. The Morgan fingerprint density at radius 1 is 1.19 bits per heavy atom. The molecule has 1 fully saturated rings. The van der Waals surface area contributed by atoms with Crippen molar-refractivity contribution in [3.63, 3.8) is 0 Å². The van der Waals surface area contributed by atoms with Gasteiger partial charge in [0.25, 0.3) is 5.78 Å². The summed E-state index contributed by atoms with van der Waals surface area (Å²) in [5.41, 5.74) is 0. The molecule has 3 aromatic rings. The summed E-state index contributed by atoms with van der Waals surface area (Å²) in [5, 5.41) is 10.7. The molecule has 4 rings (SSSR count). The third-order valence-corrected chi connectivity index (χ3v) is 4.99. The number of hydrogen-bond acceptors (Lipinski definition) is 5. The van der Waals surface area contributed by atoms with Crippen LogP contribution in [0, 0.1) is 0 Å². The lowest BCUT2D eigenvalue weighted by Gasteiger charge is -2.30. The molecule has 0 saturated carbocycles. The van der Waals surface area contributed by atoms with E-state index >= 15 is 0 Å². The van der Waals surface area contributed by atoms with Gasteiger partial charge in [-0.2, -0.15) is 0 Å². The molecule has 6 heteroatoms. The maximum atomic E-state index is 4.35. The van der Waals surface area contributed by atoms with E-state index in [-0.39, 0.29) is 0 Å². The highest BCUT2D eigenvalue weighted by Gasteiger charge is 2.24. The predicted octanol–water partition coefficient (Wildman–Crippen LogP) is 2.57. The Labute approximate surface area is 127 Å². The molecule has 108 valence electrons. The second kappa shape index (κ2) is 5.54. The summed E-state index contributed by atoms with van der Waals surface area (Å²) >= 11 is 1.84. The lowest BCUT2D eigenvalue weighted by molar-refractivity contribution is 0.203. The third-order valence-electron chi connectivity index (χ3n) is 4.13. The van der Waals surface area contributed by atoms with E-state index in [1.807, 2.05) is 28.0 Å². The number of aromatic nitrogens is 4. The van der Waals surface area contributed by atoms with Crippen molar-refractivity contribution >= 4 is 17.1 Å². The van der Waals surface area contributed by atoms with Crippen molar-refractivity contribution in [3.05, 3.63) is 46.7 Å². The highest BCUT2D eigenvalue weighted by atomic mass is 32.1. The maximum Gasteiger partial charge on any atom is 0.254 e. The lowest BCUT2D eigenvalue weighted by Crippen LogP contribution is -2.32. The number of likely N-dealkylation sites (tertiary alicyclic amines) is 1. The van der Waals surface area contributed by atoms with E-state index in [0.717, 1.165) is 38.3 Å². The second-order valence-corrected chi connectivity index (χ2v) is 6.51. The summed E-state index contributed by atoms with van der Waals surface area (Å²) in [7, 11) is 0. The van der Waals surface area contributed by atoms with Gasteiger partial charge in [-0.05, 0) is 43.4 Å². The van der Waals surface area contributed by atoms with Gasteiger partial charge in [-0.3, -0.25) is 9.30 Å². The van der Waals surface area contributed by atoms with E-state index in [4.69, 9.17) is 0 Å². The van der Waals surface area contributed by atoms with Gasteiger partial charge >= 0.3 is 0 Å². The molecule has 3 aromatic heterocycles. The zero-order valence-corrected chi connectivity index (χ0v) is 12.5. The van der Waals surface area contributed by atoms with Crippen molar-refractivity contribution in [2.45, 2.75) is 25.3 Å². The monoisotopic (exact) mass is 299 g/mol. The summed E-state index contributed by atoms with van der Waals surface area (Å²) < 4.78 is 2.03. The molecule has 4 heterocycles. The van der Waals surface area contributed by atoms with Crippen LogP contribution in [-0.2, 0) is 6.54 Å². The van der Waals surface area contributed by atoms with Crippen LogP contribution in [0.15, 0.2) is 36.0 Å². The van der Waals surface area contributed by atoms with Gasteiger partial charge in [0.05, 0.1) is 0 Å². The fourth-order valence-corrected chi connectivity index (χ4v) is 3.76. The normalized spacial score (nSPS) is 17.5. The van der Waals surface area contributed by atoms with Crippen LogP contribution in [0.25, 0.3) is 5.78 Å². The molecule has 0 aliphatic carbocycles. The highest BCUT2D eigenvalue weighted by Crippen LogP contribution is 2.27. The Kier molecular flexibility index (Phi) is 3.40. The third kappa shape index (κ3) is 2.56. The molecule has 0 unspecified atom stereocenters. The molecule has 0 aromatic carbocycles. The second-order valence-electron chi connectivity index (χ2n) is 5.48. The minimum Gasteiger partial charge on any atom is -0.298 e. The standard InChI is InChI=1S/C15H17N5S/c1-3-13(21-10-1)11-19-8-4-12(5-9-19)14-17-18-15-16-6-2-7-20(14)15/h1-3,6-7,10,12H,4-5,8-9,11H2. The van der Waals surface area contributed by atoms with Gasteiger partial charge in [-0.25, -0.2) is 4.98 Å². The first-order valence-corrected chi connectivity index (χ1v) is 8.18. The minimum absolute atomic E-state index is 0.490. The van der Waals surface area contributed by atoms with Crippen LogP contribution in [0.5, 0.6) is 0 Å². The van der Waals surface area contributed by atoms with Crippen molar-refractivity contribution in [1.82, 2.24) is 24.5 Å². The van der Waals surface area contributed by atoms with E-state index < -0.39 is 0 Å². The predicted molar refractivity (Wildman–Crippen MR) is 82.4 cm³/mol. The molecular weight excluding hydrogens is 282 g/mol. The number of rotatable bonds is 3. The molecule has 0 N–H and O–H groups in total. The zero-order chi connectivity index (χ0) is 14.1. The van der Waals surface area contributed by atoms with Crippen molar-refractivity contribution in [2.24, 2.45) is 0 Å². The molecule has 0 atom stereocenters. The molecule has 0 spiro atoms. The van der Waals surface area contributed by atoms with Gasteiger partial charge in [0.1, 0.15) is 5.82 Å². The first-order valence-electron chi connectivity index (χ1n) is 7.30. The molecule has 21 heavy (non-hydrogen) atoms. The van der Waals surface area contributed by atoms with Crippen LogP contribution in [-0.4, -0.2) is 37.6 Å². The van der Waals surface area contributed by atoms with Crippen LogP contribution < -0.4 is 0 Å². The van der Waals surface area contributed by atoms with E-state index in [1.54, 1.807) is 6.20 Å². The first kappa shape index (κ1) is 12.9. The number of hydrogen-bond donors (Lipinski definition) is 0. The molecule has 1 saturated heterocycles. The van der Waals surface area contributed by atoms with Gasteiger partial charge in [-0.15, -0.1) is 21.5 Å². The average Bonchev–Trinajstić information content (AvgIpc) is 3.17. The quantitative estimate of drug-likeness (QED) is 0.746. The van der Waals surface area contributed by atoms with Crippen LogP contribution in [0.2, 0.25) is 0 Å². The van der Waals surface area contributed by atoms with Crippen molar-refractivity contribution in [3.8, 4) is 0 Å².